The van der Waals surface area contributed by atoms with Crippen LogP contribution in [0.4, 0.5) is 22.7 Å². The number of hydrogen-bond acceptors (Lipinski definition) is 36. The van der Waals surface area contributed by atoms with Crippen molar-refractivity contribution in [3.05, 3.63) is 144 Å². The Labute approximate surface area is 759 Å². The number of carboxylic acid groups (broad SMARTS) is 1. The molecule has 5 aliphatic rings. The molecule has 0 saturated carbocycles. The standard InChI is InChI=1S/C91H90N8O35/c1-38(100)120-74-77(123-41(4)103)83(126-44(7)106)89(129-47(10)109)132-80(74)86(117)93-55-26-16-50(17-27-55)66-58-32-33-59(96-58)67(51-18-28-56(29-19-51)94-87(118)81-75(121-39(2)101)78(124-42(5)104)84(127-45(8)107)90(133-81)130-48(11)110)61-35-37-63(98-61)69(71-73(116)72(115)70(99-71)68(62-36-34-60(66)97-62)52-20-24-54(25-21-52)92-64(112)14-13-15-65(113)114)53-22-30-57(31-23-53)95-88(119)82-76(122-40(3)102)79(125-43(6)105)85(128-46(9)108)91(134-82)131-49(12)111/h16-37,72-85,89-91,97-98,115-116H,13-15H2,1-12H3,(H,92,112)(H,93,117)(H,94,118)(H,95,119)(H,113,114)/t72-,73+,74-,75-,76-,77-,78-,79-,80-,81-,82-,83+,84+,85+,89-,90-,91-/m0/s1. The monoisotopic (exact) mass is 1850 g/mol. The predicted octanol–water partition coefficient (Wildman–Crippen LogP) is 7.18. The lowest BCUT2D eigenvalue weighted by Gasteiger charge is -2.43. The van der Waals surface area contributed by atoms with E-state index in [1.807, 2.05) is 0 Å². The van der Waals surface area contributed by atoms with Crippen LogP contribution in [0.1, 0.15) is 137 Å². The Morgan fingerprint density at radius 1 is 0.299 bits per heavy atom. The fourth-order valence-electron chi connectivity index (χ4n) is 15.6. The third-order valence-electron chi connectivity index (χ3n) is 20.6. The zero-order valence-electron chi connectivity index (χ0n) is 73.4. The van der Waals surface area contributed by atoms with Gasteiger partial charge in [-0.05, 0) is 114 Å². The number of nitrogens with zero attached hydrogens (tertiary/aromatic N) is 2. The number of carboxylic acids is 1. The number of aromatic amines is 2. The molecule has 3 aromatic heterocycles. The number of aromatic nitrogens is 4. The molecule has 4 aromatic carbocycles. The Kier molecular flexibility index (Phi) is 30.7. The number of carbonyl (C=O) groups is 17. The number of nitrogens with one attached hydrogen (secondary N) is 6. The number of ether oxygens (including phenoxy) is 15. The second kappa shape index (κ2) is 42.2. The van der Waals surface area contributed by atoms with Crippen molar-refractivity contribution in [1.82, 2.24) is 19.9 Å². The van der Waals surface area contributed by atoms with Gasteiger partial charge in [0.1, 0.15) is 12.2 Å². The van der Waals surface area contributed by atoms with Crippen LogP contribution in [-0.4, -0.2) is 229 Å². The molecule has 8 heterocycles. The van der Waals surface area contributed by atoms with E-state index in [0.717, 1.165) is 83.1 Å². The maximum atomic E-state index is 14.7. The van der Waals surface area contributed by atoms with Gasteiger partial charge in [-0.15, -0.1) is 0 Å². The van der Waals surface area contributed by atoms with Crippen molar-refractivity contribution in [2.45, 2.75) is 207 Å². The molecule has 134 heavy (non-hydrogen) atoms. The molecular formula is C91H90N8O35. The summed E-state index contributed by atoms with van der Waals surface area (Å²) in [6, 6.07) is 30.7. The molecule has 43 heteroatoms. The molecule has 0 spiro atoms. The molecule has 0 aliphatic carbocycles. The summed E-state index contributed by atoms with van der Waals surface area (Å²) in [6.07, 6.45) is -28.8. The highest BCUT2D eigenvalue weighted by molar-refractivity contribution is 6.02. The minimum absolute atomic E-state index is 0.000625. The van der Waals surface area contributed by atoms with Gasteiger partial charge in [-0.3, -0.25) is 86.5 Å². The number of amides is 4. The Morgan fingerprint density at radius 3 is 0.799 bits per heavy atom. The largest absolute Gasteiger partial charge is 0.481 e. The minimum Gasteiger partial charge on any atom is -0.481 e. The molecule has 7 aromatic rings. The Bertz CT molecular complexity index is 6030. The van der Waals surface area contributed by atoms with E-state index >= 15 is 0 Å². The van der Waals surface area contributed by atoms with E-state index in [2.05, 4.69) is 31.2 Å². The van der Waals surface area contributed by atoms with Crippen LogP contribution >= 0.6 is 0 Å². The number of fused-ring (bicyclic) bond motifs is 8. The van der Waals surface area contributed by atoms with Gasteiger partial charge in [0, 0.05) is 163 Å². The summed E-state index contributed by atoms with van der Waals surface area (Å²) in [4.78, 5) is 238. The van der Waals surface area contributed by atoms with Crippen LogP contribution in [0.2, 0.25) is 0 Å². The van der Waals surface area contributed by atoms with Gasteiger partial charge in [0.25, 0.3) is 17.7 Å². The van der Waals surface area contributed by atoms with E-state index < -0.39 is 206 Å². The van der Waals surface area contributed by atoms with E-state index in [1.54, 1.807) is 72.8 Å². The maximum Gasteiger partial charge on any atom is 0.305 e. The number of rotatable bonds is 27. The normalized spacial score (nSPS) is 22.7. The fourth-order valence-corrected chi connectivity index (χ4v) is 15.6. The van der Waals surface area contributed by atoms with Crippen LogP contribution in [0.5, 0.6) is 0 Å². The summed E-state index contributed by atoms with van der Waals surface area (Å²) in [6.45, 7) is 11.8. The predicted molar refractivity (Wildman–Crippen MR) is 459 cm³/mol. The van der Waals surface area contributed by atoms with Gasteiger partial charge in [0.2, 0.25) is 43.1 Å². The van der Waals surface area contributed by atoms with Crippen LogP contribution in [0.25, 0.3) is 78.7 Å². The van der Waals surface area contributed by atoms with Crippen LogP contribution in [-0.2, 0) is 153 Å². The van der Waals surface area contributed by atoms with Crippen molar-refractivity contribution >= 4 is 158 Å². The lowest BCUT2D eigenvalue weighted by Crippen LogP contribution is -2.64. The van der Waals surface area contributed by atoms with Gasteiger partial charge in [-0.2, -0.15) is 0 Å². The minimum atomic E-state index is -1.97. The molecule has 3 saturated heterocycles. The molecule has 8 bridgehead atoms. The van der Waals surface area contributed by atoms with Crippen molar-refractivity contribution in [2.75, 3.05) is 21.3 Å². The van der Waals surface area contributed by atoms with Crippen molar-refractivity contribution in [3.63, 3.8) is 0 Å². The van der Waals surface area contributed by atoms with Crippen LogP contribution in [0.15, 0.2) is 121 Å². The van der Waals surface area contributed by atoms with Gasteiger partial charge >= 0.3 is 77.6 Å². The number of H-pyrrole nitrogens is 2. The van der Waals surface area contributed by atoms with Crippen LogP contribution < -0.4 is 21.3 Å². The van der Waals surface area contributed by atoms with Crippen LogP contribution in [0.3, 0.4) is 0 Å². The van der Waals surface area contributed by atoms with Crippen molar-refractivity contribution in [1.29, 1.82) is 0 Å². The number of benzene rings is 4. The number of aliphatic hydroxyl groups is 2. The Balaban J connectivity index is 1.05. The van der Waals surface area contributed by atoms with E-state index in [4.69, 9.17) is 81.0 Å². The molecule has 704 valence electrons. The van der Waals surface area contributed by atoms with Gasteiger partial charge in [-0.1, -0.05) is 48.5 Å². The number of carbonyl (C=O) groups excluding carboxylic acids is 16. The number of hydrogen-bond donors (Lipinski definition) is 9. The number of aliphatic hydroxyl groups excluding tert-OH is 2. The topological polar surface area (TPSA) is 595 Å². The number of anilines is 4. The highest BCUT2D eigenvalue weighted by Gasteiger charge is 2.59. The SMILES string of the molecule is CC(=O)O[C@H]1O[C@H](C(=O)Nc2ccc(-c3c4nc(c(-c5ccc(NC(=O)[C@H]6O[C@H](OC(C)=O)[C@H](OC(C)=O)[C@@H](OC(C)=O)[C@@H]6OC(C)=O)cc5)c5ccc([nH]5)c(-c5ccc(NC(=O)CCCC(=O)O)cc5)c5nc(c(-c6ccc(NC(=O)[C@H]7O[C@H](OC(C)=O)[C@H](OC(C)=O)[C@@H](OC(C)=O)[C@@H]7OC(C)=O)cc6)c6ccc3[nH]6)[C@@H](O)[C@H]5O)C=C4)cc2)[C@@H](OC(C)=O)[C@H](OC(C)=O)[C@H]1OC(C)=O. The van der Waals surface area contributed by atoms with Crippen molar-refractivity contribution in [3.8, 4) is 44.5 Å². The average Bonchev–Trinajstić information content (AvgIpc) is 1.55. The average molecular weight is 1860 g/mol. The lowest BCUT2D eigenvalue weighted by atomic mass is 9.96. The third-order valence-corrected chi connectivity index (χ3v) is 20.6. The fraction of sp³-hybridized carbons (Fsp3) is 0.352. The summed E-state index contributed by atoms with van der Waals surface area (Å²) in [5.41, 5.74) is 3.56. The highest BCUT2D eigenvalue weighted by atomic mass is 16.8. The second-order valence-electron chi connectivity index (χ2n) is 30.9. The first kappa shape index (κ1) is 97.6. The molecule has 43 nitrogen and oxygen atoms in total. The van der Waals surface area contributed by atoms with Gasteiger partial charge in [-0.25, -0.2) is 4.98 Å². The molecule has 12 rings (SSSR count). The summed E-state index contributed by atoms with van der Waals surface area (Å²) in [5.74, 6) is -16.6. The maximum absolute atomic E-state index is 14.7. The van der Waals surface area contributed by atoms with Crippen molar-refractivity contribution < 1.29 is 168 Å². The number of esters is 12. The first-order chi connectivity index (χ1) is 63.6. The van der Waals surface area contributed by atoms with E-state index in [1.165, 1.54) is 60.7 Å². The molecular weight excluding hydrogens is 1770 g/mol. The van der Waals surface area contributed by atoms with Gasteiger partial charge < -0.3 is 118 Å². The van der Waals surface area contributed by atoms with Gasteiger partial charge in [0.05, 0.1) is 22.8 Å². The van der Waals surface area contributed by atoms with E-state index in [9.17, 15) is 96.8 Å². The molecule has 3 fully saturated rings. The first-order valence-electron chi connectivity index (χ1n) is 41.3. The van der Waals surface area contributed by atoms with Crippen LogP contribution in [0, 0.1) is 0 Å². The first-order valence-corrected chi connectivity index (χ1v) is 41.3. The molecule has 0 radical (unpaired) electrons. The van der Waals surface area contributed by atoms with E-state index in [-0.39, 0.29) is 98.0 Å². The Morgan fingerprint density at radius 2 is 0.537 bits per heavy atom. The van der Waals surface area contributed by atoms with Crippen molar-refractivity contribution in [2.24, 2.45) is 0 Å². The van der Waals surface area contributed by atoms with E-state index in [0.29, 0.717) is 33.3 Å². The summed E-state index contributed by atoms with van der Waals surface area (Å²) < 4.78 is 83.1. The molecule has 0 unspecified atom stereocenters. The zero-order chi connectivity index (χ0) is 97.1. The molecule has 4 amide bonds. The Hall–Kier alpha value is -15.5. The third kappa shape index (κ3) is 23.5. The molecule has 9 N–H and O–H groups in total. The summed E-state index contributed by atoms with van der Waals surface area (Å²) in [5, 5.41) is 45.9. The molecule has 17 atom stereocenters. The smallest absolute Gasteiger partial charge is 0.305 e. The molecule has 5 aliphatic heterocycles. The quantitative estimate of drug-likeness (QED) is 0.0182. The zero-order valence-corrected chi connectivity index (χ0v) is 73.4. The van der Waals surface area contributed by atoms with Gasteiger partial charge in [0.15, 0.2) is 54.9 Å². The summed E-state index contributed by atoms with van der Waals surface area (Å²) >= 11 is 0. The number of aliphatic carboxylic acids is 1. The summed E-state index contributed by atoms with van der Waals surface area (Å²) in [7, 11) is 0. The second-order valence-corrected chi connectivity index (χ2v) is 30.9. The highest BCUT2D eigenvalue weighted by Crippen LogP contribution is 2.46. The lowest BCUT2D eigenvalue weighted by molar-refractivity contribution is -0.289.